The molecular formula is C14H19ClO2. The van der Waals surface area contributed by atoms with Crippen LogP contribution in [0.2, 0.25) is 5.02 Å². The average Bonchev–Trinajstić information content (AvgIpc) is 2.29. The smallest absolute Gasteiger partial charge is 0.142 e. The molecule has 3 heteroatoms. The summed E-state index contributed by atoms with van der Waals surface area (Å²) in [5.41, 5.74) is 0.555. The van der Waals surface area contributed by atoms with E-state index in [0.717, 1.165) is 17.7 Å². The van der Waals surface area contributed by atoms with Gasteiger partial charge < -0.3 is 4.74 Å². The van der Waals surface area contributed by atoms with Gasteiger partial charge in [0.2, 0.25) is 0 Å². The number of carbonyl (C=O) groups is 1. The Morgan fingerprint density at radius 2 is 2.06 bits per heavy atom. The van der Waals surface area contributed by atoms with Gasteiger partial charge in [0.15, 0.2) is 0 Å². The van der Waals surface area contributed by atoms with Crippen molar-refractivity contribution in [1.82, 2.24) is 0 Å². The molecule has 0 saturated heterocycles. The van der Waals surface area contributed by atoms with E-state index in [9.17, 15) is 4.79 Å². The van der Waals surface area contributed by atoms with Gasteiger partial charge in [0.1, 0.15) is 11.5 Å². The van der Waals surface area contributed by atoms with Gasteiger partial charge in [0.05, 0.1) is 7.11 Å². The highest BCUT2D eigenvalue weighted by molar-refractivity contribution is 6.30. The minimum absolute atomic E-state index is 0.209. The Labute approximate surface area is 108 Å². The van der Waals surface area contributed by atoms with Crippen LogP contribution in [0, 0.1) is 5.41 Å². The number of carbonyl (C=O) groups excluding carboxylic acids is 1. The summed E-state index contributed by atoms with van der Waals surface area (Å²) >= 11 is 5.94. The maximum Gasteiger partial charge on any atom is 0.142 e. The van der Waals surface area contributed by atoms with E-state index in [-0.39, 0.29) is 11.2 Å². The van der Waals surface area contributed by atoms with Crippen LogP contribution in [0.5, 0.6) is 5.75 Å². The summed E-state index contributed by atoms with van der Waals surface area (Å²) < 4.78 is 5.24. The van der Waals surface area contributed by atoms with Crippen LogP contribution in [-0.2, 0) is 11.2 Å². The van der Waals surface area contributed by atoms with Crippen LogP contribution in [0.15, 0.2) is 18.2 Å². The van der Waals surface area contributed by atoms with Crippen molar-refractivity contribution in [3.05, 3.63) is 28.8 Å². The predicted octanol–water partition coefficient (Wildman–Crippen LogP) is 3.90. The SMILES string of the molecule is CCC(C)(C)C(=O)Cc1cc(Cl)ccc1OC. The normalized spacial score (nSPS) is 11.4. The van der Waals surface area contributed by atoms with E-state index in [1.54, 1.807) is 25.3 Å². The average molecular weight is 255 g/mol. The largest absolute Gasteiger partial charge is 0.496 e. The van der Waals surface area contributed by atoms with Crippen molar-refractivity contribution in [3.8, 4) is 5.75 Å². The summed E-state index contributed by atoms with van der Waals surface area (Å²) in [6.07, 6.45) is 1.19. The molecule has 1 aromatic carbocycles. The molecule has 0 atom stereocenters. The number of Topliss-reactive ketones (excluding diaryl/α,β-unsaturated/α-hetero) is 1. The molecule has 0 aromatic heterocycles. The highest BCUT2D eigenvalue weighted by atomic mass is 35.5. The van der Waals surface area contributed by atoms with Crippen molar-refractivity contribution in [3.63, 3.8) is 0 Å². The summed E-state index contributed by atoms with van der Waals surface area (Å²) in [5.74, 6) is 0.926. The zero-order valence-corrected chi connectivity index (χ0v) is 11.6. The van der Waals surface area contributed by atoms with Gasteiger partial charge in [-0.3, -0.25) is 4.79 Å². The minimum atomic E-state index is -0.298. The van der Waals surface area contributed by atoms with Crippen LogP contribution in [0.1, 0.15) is 32.8 Å². The van der Waals surface area contributed by atoms with Crippen LogP contribution in [-0.4, -0.2) is 12.9 Å². The molecule has 0 bridgehead atoms. The van der Waals surface area contributed by atoms with Gasteiger partial charge in [-0.25, -0.2) is 0 Å². The Kier molecular flexibility index (Phi) is 4.58. The molecular weight excluding hydrogens is 236 g/mol. The lowest BCUT2D eigenvalue weighted by Crippen LogP contribution is -2.25. The molecule has 2 nitrogen and oxygen atoms in total. The number of hydrogen-bond acceptors (Lipinski definition) is 2. The van der Waals surface area contributed by atoms with E-state index < -0.39 is 0 Å². The lowest BCUT2D eigenvalue weighted by Gasteiger charge is -2.21. The molecule has 0 spiro atoms. The number of ketones is 1. The third-order valence-corrected chi connectivity index (χ3v) is 3.47. The van der Waals surface area contributed by atoms with Gasteiger partial charge in [-0.05, 0) is 24.6 Å². The van der Waals surface area contributed by atoms with E-state index in [4.69, 9.17) is 16.3 Å². The lowest BCUT2D eigenvalue weighted by atomic mass is 9.82. The molecule has 17 heavy (non-hydrogen) atoms. The van der Waals surface area contributed by atoms with Gasteiger partial charge in [-0.1, -0.05) is 32.4 Å². The van der Waals surface area contributed by atoms with Crippen molar-refractivity contribution in [2.45, 2.75) is 33.6 Å². The summed E-state index contributed by atoms with van der Waals surface area (Å²) in [4.78, 5) is 12.1. The molecule has 0 aliphatic rings. The maximum atomic E-state index is 12.1. The number of benzene rings is 1. The molecule has 94 valence electrons. The van der Waals surface area contributed by atoms with Gasteiger partial charge in [0.25, 0.3) is 0 Å². The van der Waals surface area contributed by atoms with Gasteiger partial charge >= 0.3 is 0 Å². The van der Waals surface area contributed by atoms with Crippen LogP contribution in [0.4, 0.5) is 0 Å². The van der Waals surface area contributed by atoms with E-state index in [2.05, 4.69) is 0 Å². The third-order valence-electron chi connectivity index (χ3n) is 3.23. The minimum Gasteiger partial charge on any atom is -0.496 e. The van der Waals surface area contributed by atoms with Crippen LogP contribution >= 0.6 is 11.6 Å². The molecule has 0 heterocycles. The van der Waals surface area contributed by atoms with Crippen molar-refractivity contribution in [2.75, 3.05) is 7.11 Å². The molecule has 0 aliphatic heterocycles. The van der Waals surface area contributed by atoms with Crippen molar-refractivity contribution < 1.29 is 9.53 Å². The highest BCUT2D eigenvalue weighted by Crippen LogP contribution is 2.28. The zero-order valence-electron chi connectivity index (χ0n) is 10.8. The van der Waals surface area contributed by atoms with E-state index >= 15 is 0 Å². The molecule has 0 saturated carbocycles. The fourth-order valence-corrected chi connectivity index (χ4v) is 1.69. The Morgan fingerprint density at radius 1 is 1.41 bits per heavy atom. The fourth-order valence-electron chi connectivity index (χ4n) is 1.49. The predicted molar refractivity (Wildman–Crippen MR) is 70.8 cm³/mol. The molecule has 0 fully saturated rings. The molecule has 1 rings (SSSR count). The van der Waals surface area contributed by atoms with Crippen LogP contribution in [0.25, 0.3) is 0 Å². The fraction of sp³-hybridized carbons (Fsp3) is 0.500. The van der Waals surface area contributed by atoms with Crippen LogP contribution < -0.4 is 4.74 Å². The summed E-state index contributed by atoms with van der Waals surface area (Å²) in [6, 6.07) is 5.35. The topological polar surface area (TPSA) is 26.3 Å². The van der Waals surface area contributed by atoms with Gasteiger partial charge in [0, 0.05) is 22.4 Å². The monoisotopic (exact) mass is 254 g/mol. The Morgan fingerprint density at radius 3 is 2.59 bits per heavy atom. The first-order chi connectivity index (χ1) is 7.90. The summed E-state index contributed by atoms with van der Waals surface area (Å²) in [5, 5.41) is 0.628. The number of halogens is 1. The zero-order chi connectivity index (χ0) is 13.1. The first-order valence-corrected chi connectivity index (χ1v) is 6.14. The standard InChI is InChI=1S/C14H19ClO2/c1-5-14(2,3)13(16)9-10-8-11(15)6-7-12(10)17-4/h6-8H,5,9H2,1-4H3. The Bertz CT molecular complexity index is 411. The Balaban J connectivity index is 2.95. The quantitative estimate of drug-likeness (QED) is 0.797. The molecule has 0 aliphatic carbocycles. The van der Waals surface area contributed by atoms with Crippen molar-refractivity contribution in [2.24, 2.45) is 5.41 Å². The molecule has 1 aromatic rings. The second-order valence-corrected chi connectivity index (χ2v) is 5.23. The van der Waals surface area contributed by atoms with E-state index in [0.29, 0.717) is 11.4 Å². The molecule has 0 N–H and O–H groups in total. The first kappa shape index (κ1) is 14.0. The third kappa shape index (κ3) is 3.47. The number of hydrogen-bond donors (Lipinski definition) is 0. The summed E-state index contributed by atoms with van der Waals surface area (Å²) in [6.45, 7) is 5.95. The van der Waals surface area contributed by atoms with Crippen LogP contribution in [0.3, 0.4) is 0 Å². The molecule has 0 unspecified atom stereocenters. The van der Waals surface area contributed by atoms with E-state index in [1.807, 2.05) is 20.8 Å². The second-order valence-electron chi connectivity index (χ2n) is 4.79. The number of rotatable bonds is 5. The molecule has 0 amide bonds. The lowest BCUT2D eigenvalue weighted by molar-refractivity contribution is -0.126. The van der Waals surface area contributed by atoms with Gasteiger partial charge in [-0.15, -0.1) is 0 Å². The number of methoxy groups -OCH3 is 1. The maximum absolute atomic E-state index is 12.1. The van der Waals surface area contributed by atoms with Crippen molar-refractivity contribution >= 4 is 17.4 Å². The van der Waals surface area contributed by atoms with Crippen molar-refractivity contribution in [1.29, 1.82) is 0 Å². The molecule has 0 radical (unpaired) electrons. The number of ether oxygens (including phenoxy) is 1. The van der Waals surface area contributed by atoms with Gasteiger partial charge in [-0.2, -0.15) is 0 Å². The highest BCUT2D eigenvalue weighted by Gasteiger charge is 2.25. The first-order valence-electron chi connectivity index (χ1n) is 5.76. The summed E-state index contributed by atoms with van der Waals surface area (Å²) in [7, 11) is 1.60. The van der Waals surface area contributed by atoms with E-state index in [1.165, 1.54) is 0 Å². The second kappa shape index (κ2) is 5.54. The Hall–Kier alpha value is -1.02.